The lowest BCUT2D eigenvalue weighted by Gasteiger charge is -2.18. The molecule has 0 saturated carbocycles. The Morgan fingerprint density at radius 3 is 2.48 bits per heavy atom. The van der Waals surface area contributed by atoms with Gasteiger partial charge < -0.3 is 5.32 Å². The van der Waals surface area contributed by atoms with E-state index in [1.807, 2.05) is 0 Å². The molecule has 2 rings (SSSR count). The normalized spacial score (nSPS) is 13.3. The molecule has 1 unspecified atom stereocenters. The van der Waals surface area contributed by atoms with E-state index in [1.165, 1.54) is 6.42 Å². The molecule has 21 heavy (non-hydrogen) atoms. The van der Waals surface area contributed by atoms with Crippen LogP contribution < -0.4 is 5.32 Å². The highest BCUT2D eigenvalue weighted by molar-refractivity contribution is 5.87. The lowest BCUT2D eigenvalue weighted by atomic mass is 10.0. The third-order valence-electron chi connectivity index (χ3n) is 3.87. The predicted octanol–water partition coefficient (Wildman–Crippen LogP) is 4.10. The average molecular weight is 289 g/mol. The molecule has 2 aromatic heterocycles. The van der Waals surface area contributed by atoms with E-state index in [9.17, 15) is 0 Å². The number of nitrogens with one attached hydrogen (secondary N) is 2. The zero-order chi connectivity index (χ0) is 15.4. The molecular weight excluding hydrogens is 262 g/mol. The van der Waals surface area contributed by atoms with Crippen molar-refractivity contribution in [2.45, 2.75) is 65.8 Å². The molecule has 0 spiro atoms. The predicted molar refractivity (Wildman–Crippen MR) is 87.5 cm³/mol. The number of aromatic nitrogens is 4. The topological polar surface area (TPSA) is 66.5 Å². The van der Waals surface area contributed by atoms with Gasteiger partial charge >= 0.3 is 0 Å². The van der Waals surface area contributed by atoms with E-state index >= 15 is 0 Å². The summed E-state index contributed by atoms with van der Waals surface area (Å²) in [6.07, 6.45) is 5.08. The van der Waals surface area contributed by atoms with Gasteiger partial charge in [0.2, 0.25) is 0 Å². The Balaban J connectivity index is 2.21. The number of H-pyrrole nitrogens is 1. The van der Waals surface area contributed by atoms with Gasteiger partial charge in [0.15, 0.2) is 11.3 Å². The first-order valence-corrected chi connectivity index (χ1v) is 7.98. The monoisotopic (exact) mass is 289 g/mol. The van der Waals surface area contributed by atoms with Crippen molar-refractivity contribution in [1.29, 1.82) is 0 Å². The van der Waals surface area contributed by atoms with Gasteiger partial charge in [-0.05, 0) is 31.1 Å². The maximum absolute atomic E-state index is 4.41. The Morgan fingerprint density at radius 2 is 1.86 bits per heavy atom. The van der Waals surface area contributed by atoms with Gasteiger partial charge in [0.1, 0.15) is 11.8 Å². The first-order chi connectivity index (χ1) is 10.0. The maximum Gasteiger partial charge on any atom is 0.158 e. The summed E-state index contributed by atoms with van der Waals surface area (Å²) < 4.78 is 0. The molecule has 0 aliphatic carbocycles. The minimum atomic E-state index is 0.376. The van der Waals surface area contributed by atoms with E-state index in [1.54, 1.807) is 6.33 Å². The van der Waals surface area contributed by atoms with Crippen LogP contribution in [0, 0.1) is 5.92 Å². The van der Waals surface area contributed by atoms with E-state index in [0.29, 0.717) is 12.0 Å². The van der Waals surface area contributed by atoms with Crippen LogP contribution in [0.2, 0.25) is 0 Å². The molecule has 116 valence electrons. The third-order valence-corrected chi connectivity index (χ3v) is 3.87. The van der Waals surface area contributed by atoms with Crippen LogP contribution in [0.15, 0.2) is 6.33 Å². The molecule has 0 bridgehead atoms. The smallest absolute Gasteiger partial charge is 0.158 e. The molecule has 2 aromatic rings. The Kier molecular flexibility index (Phi) is 5.15. The van der Waals surface area contributed by atoms with Crippen LogP contribution >= 0.6 is 0 Å². The highest BCUT2D eigenvalue weighted by Gasteiger charge is 2.16. The number of rotatable bonds is 7. The maximum atomic E-state index is 4.41. The zero-order valence-electron chi connectivity index (χ0n) is 13.8. The van der Waals surface area contributed by atoms with Crippen LogP contribution in [-0.4, -0.2) is 26.2 Å². The lowest BCUT2D eigenvalue weighted by molar-refractivity contribution is 0.505. The minimum absolute atomic E-state index is 0.376. The molecule has 5 nitrogen and oxygen atoms in total. The molecule has 2 N–H and O–H groups in total. The minimum Gasteiger partial charge on any atom is -0.365 e. The summed E-state index contributed by atoms with van der Waals surface area (Å²) in [7, 11) is 0. The molecule has 0 aliphatic rings. The van der Waals surface area contributed by atoms with E-state index in [-0.39, 0.29) is 0 Å². The quantitative estimate of drug-likeness (QED) is 0.805. The van der Waals surface area contributed by atoms with Crippen molar-refractivity contribution < 1.29 is 0 Å². The Labute approximate surface area is 127 Å². The fourth-order valence-electron chi connectivity index (χ4n) is 2.47. The average Bonchev–Trinajstić information content (AvgIpc) is 2.88. The molecule has 0 aromatic carbocycles. The number of anilines is 1. The van der Waals surface area contributed by atoms with Gasteiger partial charge in [-0.2, -0.15) is 5.10 Å². The first kappa shape index (κ1) is 15.7. The van der Waals surface area contributed by atoms with Gasteiger partial charge in [-0.3, -0.25) is 5.10 Å². The summed E-state index contributed by atoms with van der Waals surface area (Å²) in [4.78, 5) is 8.78. The van der Waals surface area contributed by atoms with Crippen molar-refractivity contribution in [2.24, 2.45) is 5.92 Å². The summed E-state index contributed by atoms with van der Waals surface area (Å²) in [5.41, 5.74) is 2.86. The second-order valence-electron chi connectivity index (χ2n) is 6.43. The standard InChI is InChI=1S/C16H27N5/c1-6-12(8-7-10(2)3)19-16-15-14(17-9-18-16)13(11(4)5)20-21-15/h9-12H,6-8H2,1-5H3,(H,20,21)(H,17,18,19). The molecule has 0 fully saturated rings. The molecule has 0 amide bonds. The van der Waals surface area contributed by atoms with E-state index in [4.69, 9.17) is 0 Å². The van der Waals surface area contributed by atoms with Crippen LogP contribution in [0.4, 0.5) is 5.82 Å². The van der Waals surface area contributed by atoms with Gasteiger partial charge in [-0.15, -0.1) is 0 Å². The SMILES string of the molecule is CCC(CCC(C)C)Nc1ncnc2c(C(C)C)[nH]nc12. The van der Waals surface area contributed by atoms with Crippen molar-refractivity contribution >= 4 is 16.9 Å². The van der Waals surface area contributed by atoms with Gasteiger partial charge in [0.25, 0.3) is 0 Å². The van der Waals surface area contributed by atoms with Crippen LogP contribution in [0.3, 0.4) is 0 Å². The van der Waals surface area contributed by atoms with Crippen LogP contribution in [0.1, 0.15) is 65.5 Å². The van der Waals surface area contributed by atoms with E-state index in [0.717, 1.165) is 41.3 Å². The molecule has 0 saturated heterocycles. The van der Waals surface area contributed by atoms with Crippen LogP contribution in [0.5, 0.6) is 0 Å². The summed E-state index contributed by atoms with van der Waals surface area (Å²) in [5, 5.41) is 11.1. The van der Waals surface area contributed by atoms with Crippen molar-refractivity contribution in [3.8, 4) is 0 Å². The molecule has 5 heteroatoms. The molecule has 0 aliphatic heterocycles. The Morgan fingerprint density at radius 1 is 1.10 bits per heavy atom. The molecule has 2 heterocycles. The zero-order valence-corrected chi connectivity index (χ0v) is 13.8. The first-order valence-electron chi connectivity index (χ1n) is 7.98. The van der Waals surface area contributed by atoms with Crippen molar-refractivity contribution in [3.05, 3.63) is 12.0 Å². The summed E-state index contributed by atoms with van der Waals surface area (Å²) >= 11 is 0. The highest BCUT2D eigenvalue weighted by atomic mass is 15.2. The number of hydrogen-bond acceptors (Lipinski definition) is 4. The summed E-state index contributed by atoms with van der Waals surface area (Å²) in [6.45, 7) is 11.0. The Hall–Kier alpha value is -1.65. The van der Waals surface area contributed by atoms with Gasteiger partial charge in [0, 0.05) is 6.04 Å². The Bertz CT molecular complexity index is 573. The second-order valence-corrected chi connectivity index (χ2v) is 6.43. The van der Waals surface area contributed by atoms with Crippen molar-refractivity contribution in [1.82, 2.24) is 20.2 Å². The lowest BCUT2D eigenvalue weighted by Crippen LogP contribution is -2.20. The number of nitrogens with zero attached hydrogens (tertiary/aromatic N) is 3. The fourth-order valence-corrected chi connectivity index (χ4v) is 2.47. The van der Waals surface area contributed by atoms with Crippen LogP contribution in [-0.2, 0) is 0 Å². The largest absolute Gasteiger partial charge is 0.365 e. The highest BCUT2D eigenvalue weighted by Crippen LogP contribution is 2.25. The summed E-state index contributed by atoms with van der Waals surface area (Å²) in [6, 6.07) is 0.435. The number of aromatic amines is 1. The molecule has 1 atom stereocenters. The fraction of sp³-hybridized carbons (Fsp3) is 0.688. The van der Waals surface area contributed by atoms with Crippen LogP contribution in [0.25, 0.3) is 11.0 Å². The second kappa shape index (κ2) is 6.87. The molecular formula is C16H27N5. The number of hydrogen-bond donors (Lipinski definition) is 2. The van der Waals surface area contributed by atoms with Gasteiger partial charge in [0.05, 0.1) is 5.69 Å². The van der Waals surface area contributed by atoms with Crippen molar-refractivity contribution in [3.63, 3.8) is 0 Å². The van der Waals surface area contributed by atoms with E-state index in [2.05, 4.69) is 60.1 Å². The van der Waals surface area contributed by atoms with E-state index < -0.39 is 0 Å². The molecule has 0 radical (unpaired) electrons. The number of fused-ring (bicyclic) bond motifs is 1. The summed E-state index contributed by atoms with van der Waals surface area (Å²) in [5.74, 6) is 1.95. The van der Waals surface area contributed by atoms with Gasteiger partial charge in [-0.1, -0.05) is 34.6 Å². The third kappa shape index (κ3) is 3.71. The van der Waals surface area contributed by atoms with Gasteiger partial charge in [-0.25, -0.2) is 9.97 Å². The van der Waals surface area contributed by atoms with Crippen molar-refractivity contribution in [2.75, 3.05) is 5.32 Å².